The number of carboxylic acids is 1. The van der Waals surface area contributed by atoms with Gasteiger partial charge < -0.3 is 10.4 Å². The van der Waals surface area contributed by atoms with Crippen molar-refractivity contribution in [1.82, 2.24) is 15.1 Å². The Morgan fingerprint density at radius 1 is 1.53 bits per heavy atom. The number of hydrogen-bond donors (Lipinski definition) is 2. The maximum atomic E-state index is 11.8. The summed E-state index contributed by atoms with van der Waals surface area (Å²) in [5, 5.41) is 15.4. The quantitative estimate of drug-likeness (QED) is 0.804. The predicted molar refractivity (Wildman–Crippen MR) is 61.8 cm³/mol. The maximum Gasteiger partial charge on any atom is 0.338 e. The maximum absolute atomic E-state index is 11.8. The molecule has 94 valence electrons. The van der Waals surface area contributed by atoms with Gasteiger partial charge in [0.15, 0.2) is 0 Å². The van der Waals surface area contributed by atoms with Crippen molar-refractivity contribution in [3.05, 3.63) is 18.0 Å². The van der Waals surface area contributed by atoms with Crippen LogP contribution in [0.1, 0.15) is 43.6 Å². The van der Waals surface area contributed by atoms with Crippen molar-refractivity contribution in [2.24, 2.45) is 0 Å². The Kier molecular flexibility index (Phi) is 4.25. The van der Waals surface area contributed by atoms with E-state index in [1.165, 1.54) is 17.1 Å². The van der Waals surface area contributed by atoms with Crippen LogP contribution in [-0.2, 0) is 4.79 Å². The molecule has 0 saturated carbocycles. The van der Waals surface area contributed by atoms with E-state index in [2.05, 4.69) is 10.4 Å². The van der Waals surface area contributed by atoms with Crippen molar-refractivity contribution in [1.29, 1.82) is 0 Å². The van der Waals surface area contributed by atoms with Crippen molar-refractivity contribution < 1.29 is 14.7 Å². The molecule has 2 N–H and O–H groups in total. The van der Waals surface area contributed by atoms with E-state index in [-0.39, 0.29) is 17.5 Å². The second kappa shape index (κ2) is 5.47. The first kappa shape index (κ1) is 13.2. The standard InChI is InChI=1S/C11H17N3O3/c1-4-7(2)13-10(15)8(3)14-6-9(5-12-14)11(16)17/h5-8H,4H2,1-3H3,(H,13,15)(H,16,17). The number of aromatic carboxylic acids is 1. The van der Waals surface area contributed by atoms with Gasteiger partial charge in [0.1, 0.15) is 6.04 Å². The lowest BCUT2D eigenvalue weighted by Crippen LogP contribution is -2.37. The first-order chi connectivity index (χ1) is 7.95. The lowest BCUT2D eigenvalue weighted by Gasteiger charge is -2.16. The van der Waals surface area contributed by atoms with Gasteiger partial charge in [0.05, 0.1) is 11.8 Å². The fraction of sp³-hybridized carbons (Fsp3) is 0.545. The van der Waals surface area contributed by atoms with E-state index >= 15 is 0 Å². The molecule has 2 unspecified atom stereocenters. The summed E-state index contributed by atoms with van der Waals surface area (Å²) in [4.78, 5) is 22.4. The van der Waals surface area contributed by atoms with Gasteiger partial charge in [-0.15, -0.1) is 0 Å². The van der Waals surface area contributed by atoms with Crippen molar-refractivity contribution in [2.75, 3.05) is 0 Å². The summed E-state index contributed by atoms with van der Waals surface area (Å²) in [6.07, 6.45) is 3.43. The van der Waals surface area contributed by atoms with Gasteiger partial charge in [0.2, 0.25) is 5.91 Å². The minimum atomic E-state index is -1.05. The number of carbonyl (C=O) groups excluding carboxylic acids is 1. The van der Waals surface area contributed by atoms with Crippen molar-refractivity contribution in [2.45, 2.75) is 39.3 Å². The lowest BCUT2D eigenvalue weighted by molar-refractivity contribution is -0.124. The molecule has 6 nitrogen and oxygen atoms in total. The second-order valence-electron chi connectivity index (χ2n) is 4.01. The molecule has 0 aliphatic rings. The molecule has 1 aromatic rings. The van der Waals surface area contributed by atoms with E-state index in [9.17, 15) is 9.59 Å². The number of carboxylic acid groups (broad SMARTS) is 1. The third-order valence-corrected chi connectivity index (χ3v) is 2.63. The molecule has 0 spiro atoms. The highest BCUT2D eigenvalue weighted by atomic mass is 16.4. The number of aromatic nitrogens is 2. The van der Waals surface area contributed by atoms with Gasteiger partial charge in [-0.25, -0.2) is 4.79 Å². The van der Waals surface area contributed by atoms with E-state index in [4.69, 9.17) is 5.11 Å². The van der Waals surface area contributed by atoms with Gasteiger partial charge in [-0.2, -0.15) is 5.10 Å². The average Bonchev–Trinajstić information content (AvgIpc) is 2.77. The first-order valence-electron chi connectivity index (χ1n) is 5.53. The normalized spacial score (nSPS) is 14.1. The fourth-order valence-electron chi connectivity index (χ4n) is 1.25. The highest BCUT2D eigenvalue weighted by Crippen LogP contribution is 2.07. The van der Waals surface area contributed by atoms with Crippen LogP contribution in [-0.4, -0.2) is 32.8 Å². The summed E-state index contributed by atoms with van der Waals surface area (Å²) in [6.45, 7) is 5.57. The van der Waals surface area contributed by atoms with Crippen LogP contribution in [0, 0.1) is 0 Å². The lowest BCUT2D eigenvalue weighted by atomic mass is 10.2. The zero-order chi connectivity index (χ0) is 13.0. The van der Waals surface area contributed by atoms with Crippen LogP contribution >= 0.6 is 0 Å². The Hall–Kier alpha value is -1.85. The molecular formula is C11H17N3O3. The van der Waals surface area contributed by atoms with Crippen molar-refractivity contribution in [3.63, 3.8) is 0 Å². The van der Waals surface area contributed by atoms with Crippen LogP contribution in [0.4, 0.5) is 0 Å². The number of hydrogen-bond acceptors (Lipinski definition) is 3. The Balaban J connectivity index is 2.71. The molecule has 0 fully saturated rings. The summed E-state index contributed by atoms with van der Waals surface area (Å²) in [5.74, 6) is -1.22. The highest BCUT2D eigenvalue weighted by molar-refractivity contribution is 5.87. The smallest absolute Gasteiger partial charge is 0.338 e. The first-order valence-corrected chi connectivity index (χ1v) is 5.53. The molecule has 2 atom stereocenters. The van der Waals surface area contributed by atoms with Crippen LogP contribution in [0.15, 0.2) is 12.4 Å². The Labute approximate surface area is 99.6 Å². The number of nitrogens with zero attached hydrogens (tertiary/aromatic N) is 2. The molecule has 0 bridgehead atoms. The SMILES string of the molecule is CCC(C)NC(=O)C(C)n1cc(C(=O)O)cn1. The largest absolute Gasteiger partial charge is 0.478 e. The van der Waals surface area contributed by atoms with Crippen molar-refractivity contribution in [3.8, 4) is 0 Å². The number of rotatable bonds is 5. The molecule has 17 heavy (non-hydrogen) atoms. The van der Waals surface area contributed by atoms with E-state index < -0.39 is 12.0 Å². The highest BCUT2D eigenvalue weighted by Gasteiger charge is 2.18. The topological polar surface area (TPSA) is 84.2 Å². The Morgan fingerprint density at radius 2 is 2.18 bits per heavy atom. The third kappa shape index (κ3) is 3.30. The molecule has 1 aromatic heterocycles. The minimum absolute atomic E-state index is 0.0770. The molecule has 1 rings (SSSR count). The molecular weight excluding hydrogens is 222 g/mol. The summed E-state index contributed by atoms with van der Waals surface area (Å²) < 4.78 is 1.35. The van der Waals surface area contributed by atoms with Gasteiger partial charge in [-0.05, 0) is 20.3 Å². The second-order valence-corrected chi connectivity index (χ2v) is 4.01. The zero-order valence-electron chi connectivity index (χ0n) is 10.2. The molecule has 0 radical (unpaired) electrons. The van der Waals surface area contributed by atoms with Gasteiger partial charge >= 0.3 is 5.97 Å². The molecule has 0 saturated heterocycles. The third-order valence-electron chi connectivity index (χ3n) is 2.63. The van der Waals surface area contributed by atoms with Gasteiger partial charge in [-0.1, -0.05) is 6.92 Å². The summed E-state index contributed by atoms with van der Waals surface area (Å²) in [6, 6.07) is -0.420. The predicted octanol–water partition coefficient (Wildman–Crippen LogP) is 1.06. The van der Waals surface area contributed by atoms with Crippen LogP contribution in [0.25, 0.3) is 0 Å². The molecule has 1 heterocycles. The number of nitrogens with one attached hydrogen (secondary N) is 1. The molecule has 0 aromatic carbocycles. The van der Waals surface area contributed by atoms with E-state index in [0.717, 1.165) is 6.42 Å². The molecule has 6 heteroatoms. The van der Waals surface area contributed by atoms with E-state index in [1.807, 2.05) is 13.8 Å². The molecule has 0 aliphatic heterocycles. The monoisotopic (exact) mass is 239 g/mol. The van der Waals surface area contributed by atoms with Gasteiger partial charge in [0.25, 0.3) is 0 Å². The Morgan fingerprint density at radius 3 is 2.65 bits per heavy atom. The van der Waals surface area contributed by atoms with E-state index in [1.54, 1.807) is 6.92 Å². The molecule has 0 aliphatic carbocycles. The fourth-order valence-corrected chi connectivity index (χ4v) is 1.25. The molecule has 1 amide bonds. The average molecular weight is 239 g/mol. The Bertz CT molecular complexity index is 414. The van der Waals surface area contributed by atoms with Gasteiger partial charge in [-0.3, -0.25) is 9.48 Å². The van der Waals surface area contributed by atoms with E-state index in [0.29, 0.717) is 0 Å². The van der Waals surface area contributed by atoms with Crippen molar-refractivity contribution >= 4 is 11.9 Å². The van der Waals surface area contributed by atoms with Crippen LogP contribution in [0.5, 0.6) is 0 Å². The van der Waals surface area contributed by atoms with Crippen LogP contribution in [0.2, 0.25) is 0 Å². The van der Waals surface area contributed by atoms with Gasteiger partial charge in [0, 0.05) is 12.2 Å². The summed E-state index contributed by atoms with van der Waals surface area (Å²) in [5.41, 5.74) is 0.0770. The van der Waals surface area contributed by atoms with Crippen LogP contribution in [0.3, 0.4) is 0 Å². The summed E-state index contributed by atoms with van der Waals surface area (Å²) >= 11 is 0. The number of amides is 1. The zero-order valence-corrected chi connectivity index (χ0v) is 10.2. The number of carbonyl (C=O) groups is 2. The minimum Gasteiger partial charge on any atom is -0.478 e. The van der Waals surface area contributed by atoms with Crippen LogP contribution < -0.4 is 5.32 Å². The summed E-state index contributed by atoms with van der Waals surface area (Å²) in [7, 11) is 0.